The summed E-state index contributed by atoms with van der Waals surface area (Å²) in [6.07, 6.45) is 0. The van der Waals surface area contributed by atoms with E-state index in [0.717, 1.165) is 33.8 Å². The third-order valence-corrected chi connectivity index (χ3v) is 12.0. The molecule has 0 unspecified atom stereocenters. The molecule has 2 aromatic heterocycles. The molecule has 8 aromatic carbocycles. The van der Waals surface area contributed by atoms with E-state index in [4.69, 9.17) is 9.97 Å². The summed E-state index contributed by atoms with van der Waals surface area (Å²) in [6, 6.07) is 71.8. The fourth-order valence-corrected chi connectivity index (χ4v) is 9.22. The summed E-state index contributed by atoms with van der Waals surface area (Å²) in [4.78, 5) is 10.1. The maximum atomic E-state index is 5.08. The molecular weight excluding hydrogens is 703 g/mol. The van der Waals surface area contributed by atoms with Gasteiger partial charge < -0.3 is 4.57 Å². The Morgan fingerprint density at radius 3 is 1.67 bits per heavy atom. The molecule has 10 aromatic rings. The Hall–Kier alpha value is -7.36. The molecular formula is C55H39N3. The fraction of sp³-hybridized carbons (Fsp3) is 0.0545. The molecule has 274 valence electrons. The minimum Gasteiger partial charge on any atom is -0.309 e. The lowest BCUT2D eigenvalue weighted by Gasteiger charge is -2.24. The zero-order valence-electron chi connectivity index (χ0n) is 32.4. The maximum Gasteiger partial charge on any atom is 0.160 e. The second-order valence-electron chi connectivity index (χ2n) is 15.8. The first-order valence-corrected chi connectivity index (χ1v) is 20.0. The van der Waals surface area contributed by atoms with Gasteiger partial charge in [-0.3, -0.25) is 0 Å². The maximum absolute atomic E-state index is 5.08. The SMILES string of the molecule is CC1(C)c2ccc(-c3ccccc3)cc2-c2cccc(-c3ccc4c(c3)c3ccccc3n4-c3ccc(-c4cc(-c5ccccc5)nc(-c5ccccc5)n4)cc3)c21. The van der Waals surface area contributed by atoms with Crippen LogP contribution in [0.25, 0.3) is 94.8 Å². The topological polar surface area (TPSA) is 30.7 Å². The Kier molecular flexibility index (Phi) is 7.84. The Bertz CT molecular complexity index is 3100. The molecule has 0 aliphatic heterocycles. The van der Waals surface area contributed by atoms with Crippen LogP contribution in [0.4, 0.5) is 0 Å². The smallest absolute Gasteiger partial charge is 0.160 e. The van der Waals surface area contributed by atoms with Gasteiger partial charge in [-0.25, -0.2) is 9.97 Å². The Labute approximate surface area is 338 Å². The second-order valence-corrected chi connectivity index (χ2v) is 15.8. The van der Waals surface area contributed by atoms with Crippen molar-refractivity contribution < 1.29 is 0 Å². The monoisotopic (exact) mass is 741 g/mol. The van der Waals surface area contributed by atoms with Crippen molar-refractivity contribution in [1.29, 1.82) is 0 Å². The largest absolute Gasteiger partial charge is 0.309 e. The standard InChI is InChI=1S/C55H39N3/c1-55(2)48-31-27-40(36-15-6-3-7-16-36)33-46(48)45-23-14-22-43(53(45)55)41-28-32-52-47(34-41)44-21-12-13-24-51(44)58(52)42-29-25-38(26-30-42)50-35-49(37-17-8-4-9-18-37)56-54(57-50)39-19-10-5-11-20-39/h3-35H,1-2H3. The van der Waals surface area contributed by atoms with Gasteiger partial charge >= 0.3 is 0 Å². The molecule has 0 bridgehead atoms. The number of rotatable bonds is 6. The average Bonchev–Trinajstić information content (AvgIpc) is 3.74. The van der Waals surface area contributed by atoms with Crippen LogP contribution in [0.2, 0.25) is 0 Å². The van der Waals surface area contributed by atoms with Crippen molar-refractivity contribution in [1.82, 2.24) is 14.5 Å². The van der Waals surface area contributed by atoms with Crippen molar-refractivity contribution >= 4 is 21.8 Å². The summed E-state index contributed by atoms with van der Waals surface area (Å²) < 4.78 is 2.39. The first kappa shape index (κ1) is 33.9. The van der Waals surface area contributed by atoms with Gasteiger partial charge in [0.15, 0.2) is 5.82 Å². The van der Waals surface area contributed by atoms with Gasteiger partial charge in [0.05, 0.1) is 22.4 Å². The van der Waals surface area contributed by atoms with Crippen molar-refractivity contribution in [3.8, 4) is 73.0 Å². The van der Waals surface area contributed by atoms with Gasteiger partial charge in [0.25, 0.3) is 0 Å². The Balaban J connectivity index is 1.00. The molecule has 1 aliphatic rings. The van der Waals surface area contributed by atoms with Gasteiger partial charge in [0, 0.05) is 38.6 Å². The zero-order valence-corrected chi connectivity index (χ0v) is 32.4. The van der Waals surface area contributed by atoms with Gasteiger partial charge in [-0.2, -0.15) is 0 Å². The summed E-state index contributed by atoms with van der Waals surface area (Å²) in [6.45, 7) is 4.76. The van der Waals surface area contributed by atoms with Crippen LogP contribution in [0.1, 0.15) is 25.0 Å². The lowest BCUT2D eigenvalue weighted by Crippen LogP contribution is -2.16. The van der Waals surface area contributed by atoms with Gasteiger partial charge in [-0.1, -0.05) is 172 Å². The van der Waals surface area contributed by atoms with Crippen LogP contribution >= 0.6 is 0 Å². The van der Waals surface area contributed by atoms with Crippen LogP contribution in [0.5, 0.6) is 0 Å². The quantitative estimate of drug-likeness (QED) is 0.170. The number of benzene rings is 8. The summed E-state index contributed by atoms with van der Waals surface area (Å²) in [5.74, 6) is 0.715. The predicted octanol–water partition coefficient (Wildman–Crippen LogP) is 14.2. The van der Waals surface area contributed by atoms with Crippen molar-refractivity contribution in [2.75, 3.05) is 0 Å². The average molecular weight is 742 g/mol. The molecule has 58 heavy (non-hydrogen) atoms. The number of para-hydroxylation sites is 1. The van der Waals surface area contributed by atoms with Gasteiger partial charge in [0.2, 0.25) is 0 Å². The second kappa shape index (κ2) is 13.4. The van der Waals surface area contributed by atoms with E-state index in [-0.39, 0.29) is 5.41 Å². The fourth-order valence-electron chi connectivity index (χ4n) is 9.22. The summed E-state index contributed by atoms with van der Waals surface area (Å²) in [7, 11) is 0. The number of nitrogens with zero attached hydrogens (tertiary/aromatic N) is 3. The lowest BCUT2D eigenvalue weighted by molar-refractivity contribution is 0.662. The highest BCUT2D eigenvalue weighted by Crippen LogP contribution is 2.53. The number of hydrogen-bond acceptors (Lipinski definition) is 2. The molecule has 0 radical (unpaired) electrons. The predicted molar refractivity (Wildman–Crippen MR) is 241 cm³/mol. The van der Waals surface area contributed by atoms with Crippen molar-refractivity contribution in [2.24, 2.45) is 0 Å². The van der Waals surface area contributed by atoms with Gasteiger partial charge in [-0.05, 0) is 87.0 Å². The number of aromatic nitrogens is 3. The highest BCUT2D eigenvalue weighted by Gasteiger charge is 2.37. The van der Waals surface area contributed by atoms with Gasteiger partial charge in [0.1, 0.15) is 0 Å². The first-order valence-electron chi connectivity index (χ1n) is 20.0. The van der Waals surface area contributed by atoms with E-state index in [1.807, 2.05) is 24.3 Å². The molecule has 11 rings (SSSR count). The zero-order chi connectivity index (χ0) is 38.8. The van der Waals surface area contributed by atoms with E-state index < -0.39 is 0 Å². The molecule has 0 saturated heterocycles. The summed E-state index contributed by atoms with van der Waals surface area (Å²) in [5, 5.41) is 2.48. The van der Waals surface area contributed by atoms with Crippen molar-refractivity contribution in [2.45, 2.75) is 19.3 Å². The molecule has 0 amide bonds. The molecule has 0 fully saturated rings. The van der Waals surface area contributed by atoms with Crippen LogP contribution < -0.4 is 0 Å². The number of fused-ring (bicyclic) bond motifs is 6. The Morgan fingerprint density at radius 2 is 0.948 bits per heavy atom. The van der Waals surface area contributed by atoms with Crippen LogP contribution in [0.15, 0.2) is 200 Å². The molecule has 0 atom stereocenters. The minimum absolute atomic E-state index is 0.144. The normalized spacial score (nSPS) is 12.8. The van der Waals surface area contributed by atoms with Crippen molar-refractivity contribution in [3.63, 3.8) is 0 Å². The lowest BCUT2D eigenvalue weighted by atomic mass is 9.78. The molecule has 3 heteroatoms. The van der Waals surface area contributed by atoms with E-state index in [0.29, 0.717) is 5.82 Å². The molecule has 1 aliphatic carbocycles. The van der Waals surface area contributed by atoms with Crippen LogP contribution in [-0.2, 0) is 5.41 Å². The Morgan fingerprint density at radius 1 is 0.379 bits per heavy atom. The van der Waals surface area contributed by atoms with Gasteiger partial charge in [-0.15, -0.1) is 0 Å². The molecule has 2 heterocycles. The highest BCUT2D eigenvalue weighted by atomic mass is 15.0. The van der Waals surface area contributed by atoms with E-state index in [9.17, 15) is 0 Å². The summed E-state index contributed by atoms with van der Waals surface area (Å²) in [5.41, 5.74) is 18.7. The van der Waals surface area contributed by atoms with E-state index in [1.165, 1.54) is 66.3 Å². The highest BCUT2D eigenvalue weighted by molar-refractivity contribution is 6.10. The van der Waals surface area contributed by atoms with E-state index in [1.54, 1.807) is 0 Å². The minimum atomic E-state index is -0.144. The molecule has 0 N–H and O–H groups in total. The van der Waals surface area contributed by atoms with Crippen LogP contribution in [-0.4, -0.2) is 14.5 Å². The first-order chi connectivity index (χ1) is 28.5. The number of hydrogen-bond donors (Lipinski definition) is 0. The van der Waals surface area contributed by atoms with Crippen molar-refractivity contribution in [3.05, 3.63) is 211 Å². The van der Waals surface area contributed by atoms with E-state index >= 15 is 0 Å². The third-order valence-electron chi connectivity index (χ3n) is 12.0. The summed E-state index contributed by atoms with van der Waals surface area (Å²) >= 11 is 0. The molecule has 0 saturated carbocycles. The molecule has 0 spiro atoms. The molecule has 3 nitrogen and oxygen atoms in total. The van der Waals surface area contributed by atoms with E-state index in [2.05, 4.69) is 194 Å². The third kappa shape index (κ3) is 5.50. The van der Waals surface area contributed by atoms with Crippen LogP contribution in [0, 0.1) is 0 Å². The van der Waals surface area contributed by atoms with Crippen LogP contribution in [0.3, 0.4) is 0 Å².